The zero-order valence-corrected chi connectivity index (χ0v) is 26.9. The first-order valence-electron chi connectivity index (χ1n) is 16.7. The van der Waals surface area contributed by atoms with E-state index in [2.05, 4.69) is 84.9 Å². The molecule has 0 fully saturated rings. The summed E-state index contributed by atoms with van der Waals surface area (Å²) in [6.07, 6.45) is 1.84. The number of pyridine rings is 1. The number of rotatable bonds is 4. The molecular weight excluding hydrogens is 613 g/mol. The fourth-order valence-corrected chi connectivity index (χ4v) is 7.65. The number of aromatic nitrogens is 4. The molecule has 1 aliphatic heterocycles. The monoisotopic (exact) mass is 640 g/mol. The Bertz CT molecular complexity index is 2460. The maximum absolute atomic E-state index is 6.71. The van der Waals surface area contributed by atoms with Crippen LogP contribution in [-0.2, 0) is 5.41 Å². The highest BCUT2D eigenvalue weighted by atomic mass is 16.5. The van der Waals surface area contributed by atoms with Gasteiger partial charge in [0.2, 0.25) is 0 Å². The van der Waals surface area contributed by atoms with E-state index in [1.807, 2.05) is 85.1 Å². The summed E-state index contributed by atoms with van der Waals surface area (Å²) in [5.74, 6) is 3.51. The van der Waals surface area contributed by atoms with Crippen LogP contribution in [-0.4, -0.2) is 19.9 Å². The summed E-state index contributed by atoms with van der Waals surface area (Å²) in [5.41, 5.74) is 11.3. The highest BCUT2D eigenvalue weighted by Gasteiger charge is 2.50. The van der Waals surface area contributed by atoms with Gasteiger partial charge in [-0.3, -0.25) is 4.98 Å². The van der Waals surface area contributed by atoms with Crippen LogP contribution in [0.3, 0.4) is 0 Å². The topological polar surface area (TPSA) is 60.8 Å². The van der Waals surface area contributed by atoms with E-state index in [1.165, 1.54) is 22.3 Å². The third kappa shape index (κ3) is 4.27. The van der Waals surface area contributed by atoms with Crippen molar-refractivity contribution in [3.05, 3.63) is 192 Å². The van der Waals surface area contributed by atoms with E-state index in [0.29, 0.717) is 17.5 Å². The lowest BCUT2D eigenvalue weighted by Gasteiger charge is -2.39. The smallest absolute Gasteiger partial charge is 0.165 e. The molecule has 3 heterocycles. The summed E-state index contributed by atoms with van der Waals surface area (Å²) < 4.78 is 6.71. The van der Waals surface area contributed by atoms with Crippen LogP contribution < -0.4 is 4.74 Å². The highest BCUT2D eigenvalue weighted by Crippen LogP contribution is 2.62. The molecule has 0 bridgehead atoms. The van der Waals surface area contributed by atoms with Gasteiger partial charge in [0.05, 0.1) is 11.1 Å². The van der Waals surface area contributed by atoms with Gasteiger partial charge in [-0.15, -0.1) is 0 Å². The number of nitrogens with zero attached hydrogens (tertiary/aromatic N) is 4. The minimum Gasteiger partial charge on any atom is -0.457 e. The molecule has 10 rings (SSSR count). The Labute approximate surface area is 289 Å². The fraction of sp³-hybridized carbons (Fsp3) is 0.0222. The van der Waals surface area contributed by atoms with Gasteiger partial charge in [-0.1, -0.05) is 140 Å². The van der Waals surface area contributed by atoms with E-state index in [-0.39, 0.29) is 0 Å². The summed E-state index contributed by atoms with van der Waals surface area (Å²) in [5, 5.41) is 0. The molecule has 0 saturated carbocycles. The Morgan fingerprint density at radius 1 is 0.380 bits per heavy atom. The van der Waals surface area contributed by atoms with Gasteiger partial charge >= 0.3 is 0 Å². The van der Waals surface area contributed by atoms with Crippen LogP contribution in [0.2, 0.25) is 0 Å². The number of para-hydroxylation sites is 1. The highest BCUT2D eigenvalue weighted by molar-refractivity contribution is 5.89. The molecule has 50 heavy (non-hydrogen) atoms. The molecule has 0 radical (unpaired) electrons. The average molecular weight is 641 g/mol. The van der Waals surface area contributed by atoms with E-state index in [0.717, 1.165) is 50.6 Å². The van der Waals surface area contributed by atoms with E-state index in [9.17, 15) is 0 Å². The molecule has 5 heteroatoms. The Balaban J connectivity index is 1.08. The molecule has 0 atom stereocenters. The second kappa shape index (κ2) is 11.2. The molecule has 2 aliphatic rings. The van der Waals surface area contributed by atoms with Crippen molar-refractivity contribution in [2.24, 2.45) is 0 Å². The molecule has 0 N–H and O–H groups in total. The minimum atomic E-state index is -0.487. The molecule has 234 valence electrons. The maximum Gasteiger partial charge on any atom is 0.165 e. The van der Waals surface area contributed by atoms with E-state index in [1.54, 1.807) is 0 Å². The van der Waals surface area contributed by atoms with Gasteiger partial charge in [0.1, 0.15) is 11.5 Å². The van der Waals surface area contributed by atoms with E-state index < -0.39 is 5.41 Å². The minimum absolute atomic E-state index is 0.487. The zero-order valence-electron chi connectivity index (χ0n) is 26.9. The normalized spacial score (nSPS) is 13.1. The van der Waals surface area contributed by atoms with Crippen molar-refractivity contribution in [3.8, 4) is 68.0 Å². The summed E-state index contributed by atoms with van der Waals surface area (Å²) in [4.78, 5) is 19.5. The lowest BCUT2D eigenvalue weighted by Crippen LogP contribution is -2.32. The summed E-state index contributed by atoms with van der Waals surface area (Å²) in [6.45, 7) is 0. The van der Waals surface area contributed by atoms with Gasteiger partial charge in [-0.2, -0.15) is 0 Å². The molecule has 0 unspecified atom stereocenters. The first kappa shape index (κ1) is 28.3. The maximum atomic E-state index is 6.71. The van der Waals surface area contributed by atoms with Crippen LogP contribution in [0, 0.1) is 0 Å². The van der Waals surface area contributed by atoms with Gasteiger partial charge in [0.25, 0.3) is 0 Å². The zero-order chi connectivity index (χ0) is 33.1. The third-order valence-electron chi connectivity index (χ3n) is 9.87. The van der Waals surface area contributed by atoms with Crippen LogP contribution in [0.25, 0.3) is 56.5 Å². The Kier molecular flexibility index (Phi) is 6.33. The summed E-state index contributed by atoms with van der Waals surface area (Å²) in [6, 6.07) is 56.5. The van der Waals surface area contributed by atoms with Crippen molar-refractivity contribution in [2.75, 3.05) is 0 Å². The standard InChI is InChI=1S/C45H28N4O/c1-3-13-29(14-4-1)42-47-43(30-15-5-2-6-16-30)49-44(48-42)32-24-26-39(46-28-32)31-23-25-38-41(27-31)50-40-22-12-11-21-37(40)45(38)35-19-9-7-17-33(35)34-18-8-10-20-36(34)45/h1-28H. The van der Waals surface area contributed by atoms with Crippen molar-refractivity contribution in [3.63, 3.8) is 0 Å². The molecule has 0 saturated heterocycles. The largest absolute Gasteiger partial charge is 0.457 e. The van der Waals surface area contributed by atoms with Crippen molar-refractivity contribution < 1.29 is 4.74 Å². The number of hydrogen-bond acceptors (Lipinski definition) is 5. The van der Waals surface area contributed by atoms with Crippen molar-refractivity contribution >= 4 is 0 Å². The van der Waals surface area contributed by atoms with E-state index in [4.69, 9.17) is 24.7 Å². The number of fused-ring (bicyclic) bond motifs is 9. The number of ether oxygens (including phenoxy) is 1. The van der Waals surface area contributed by atoms with Crippen molar-refractivity contribution in [2.45, 2.75) is 5.41 Å². The van der Waals surface area contributed by atoms with Gasteiger partial charge in [-0.05, 0) is 46.5 Å². The lowest BCUT2D eigenvalue weighted by atomic mass is 9.66. The molecule has 2 aromatic heterocycles. The first-order valence-corrected chi connectivity index (χ1v) is 16.7. The van der Waals surface area contributed by atoms with Crippen LogP contribution in [0.1, 0.15) is 22.3 Å². The second-order valence-electron chi connectivity index (χ2n) is 12.6. The number of benzene rings is 6. The first-order chi connectivity index (χ1) is 24.8. The molecule has 1 aliphatic carbocycles. The predicted molar refractivity (Wildman–Crippen MR) is 197 cm³/mol. The van der Waals surface area contributed by atoms with E-state index >= 15 is 0 Å². The Morgan fingerprint density at radius 3 is 1.48 bits per heavy atom. The predicted octanol–water partition coefficient (Wildman–Crippen LogP) is 10.4. The van der Waals surface area contributed by atoms with Crippen LogP contribution in [0.4, 0.5) is 0 Å². The Morgan fingerprint density at radius 2 is 0.880 bits per heavy atom. The van der Waals surface area contributed by atoms with Crippen LogP contribution in [0.15, 0.2) is 170 Å². The van der Waals surface area contributed by atoms with Crippen LogP contribution >= 0.6 is 0 Å². The third-order valence-corrected chi connectivity index (χ3v) is 9.87. The average Bonchev–Trinajstić information content (AvgIpc) is 3.49. The van der Waals surface area contributed by atoms with Crippen molar-refractivity contribution in [1.29, 1.82) is 0 Å². The van der Waals surface area contributed by atoms with Gasteiger partial charge in [0, 0.05) is 39.6 Å². The number of hydrogen-bond donors (Lipinski definition) is 0. The quantitative estimate of drug-likeness (QED) is 0.192. The molecule has 8 aromatic rings. The van der Waals surface area contributed by atoms with Gasteiger partial charge < -0.3 is 4.74 Å². The van der Waals surface area contributed by atoms with Gasteiger partial charge in [0.15, 0.2) is 17.5 Å². The molecule has 0 amide bonds. The summed E-state index contributed by atoms with van der Waals surface area (Å²) >= 11 is 0. The molecular formula is C45H28N4O. The van der Waals surface area contributed by atoms with Crippen LogP contribution in [0.5, 0.6) is 11.5 Å². The lowest BCUT2D eigenvalue weighted by molar-refractivity contribution is 0.436. The summed E-state index contributed by atoms with van der Waals surface area (Å²) in [7, 11) is 0. The Hall–Kier alpha value is -6.72. The fourth-order valence-electron chi connectivity index (χ4n) is 7.65. The SMILES string of the molecule is c1ccc(-c2nc(-c3ccccc3)nc(-c3ccc(-c4ccc5c(c4)Oc4ccccc4C54c5ccccc5-c5ccccc54)nc3)n2)cc1. The van der Waals surface area contributed by atoms with Crippen molar-refractivity contribution in [1.82, 2.24) is 19.9 Å². The molecule has 5 nitrogen and oxygen atoms in total. The van der Waals surface area contributed by atoms with Gasteiger partial charge in [-0.25, -0.2) is 15.0 Å². The molecule has 1 spiro atoms. The molecule has 6 aromatic carbocycles. The second-order valence-corrected chi connectivity index (χ2v) is 12.6.